The smallest absolute Gasteiger partial charge is 0.148 e. The Hall–Kier alpha value is -1.48. The number of anilines is 1. The largest absolute Gasteiger partial charge is 0.398 e. The maximum absolute atomic E-state index is 9.64. The van der Waals surface area contributed by atoms with Crippen molar-refractivity contribution in [3.05, 3.63) is 34.9 Å². The molecule has 1 aliphatic rings. The number of nitrogens with one attached hydrogen (secondary N) is 1. The van der Waals surface area contributed by atoms with Crippen LogP contribution in [0, 0.1) is 6.92 Å². The molecule has 0 aliphatic carbocycles. The first-order valence-corrected chi connectivity index (χ1v) is 4.62. The van der Waals surface area contributed by atoms with Gasteiger partial charge in [-0.1, -0.05) is 12.1 Å². The lowest BCUT2D eigenvalue weighted by molar-refractivity contribution is 0.239. The van der Waals surface area contributed by atoms with Gasteiger partial charge in [-0.05, 0) is 31.1 Å². The number of benzene rings is 1. The molecule has 0 saturated heterocycles. The first-order valence-electron chi connectivity index (χ1n) is 4.62. The van der Waals surface area contributed by atoms with E-state index < -0.39 is 6.23 Å². The van der Waals surface area contributed by atoms with Crippen LogP contribution in [-0.2, 0) is 0 Å². The van der Waals surface area contributed by atoms with Gasteiger partial charge in [-0.25, -0.2) is 0 Å². The van der Waals surface area contributed by atoms with E-state index in [0.717, 1.165) is 22.4 Å². The second kappa shape index (κ2) is 3.03. The summed E-state index contributed by atoms with van der Waals surface area (Å²) in [5.41, 5.74) is 10.5. The van der Waals surface area contributed by atoms with Crippen molar-refractivity contribution in [1.82, 2.24) is 0 Å². The van der Waals surface area contributed by atoms with Crippen LogP contribution in [0.2, 0.25) is 0 Å². The van der Waals surface area contributed by atoms with Crippen molar-refractivity contribution in [2.75, 3.05) is 5.32 Å². The Labute approximate surface area is 83.2 Å². The van der Waals surface area contributed by atoms with Crippen LogP contribution in [0.5, 0.6) is 0 Å². The molecule has 1 unspecified atom stereocenters. The third-order valence-corrected chi connectivity index (χ3v) is 2.67. The summed E-state index contributed by atoms with van der Waals surface area (Å²) in [5.74, 6) is 0. The lowest BCUT2D eigenvalue weighted by Gasteiger charge is -2.26. The van der Waals surface area contributed by atoms with E-state index in [1.807, 2.05) is 32.0 Å². The van der Waals surface area contributed by atoms with Crippen molar-refractivity contribution >= 4 is 11.4 Å². The molecule has 0 spiro atoms. The van der Waals surface area contributed by atoms with E-state index in [2.05, 4.69) is 5.32 Å². The summed E-state index contributed by atoms with van der Waals surface area (Å²) in [4.78, 5) is 0. The molecule has 1 atom stereocenters. The van der Waals surface area contributed by atoms with E-state index in [9.17, 15) is 5.11 Å². The standard InChI is InChI=1S/C11H14N2O/c1-6-4-3-5-8-9(6)10(12)7(2)11(14)13-8/h3-5,11,13-14H,12H2,1-2H3. The Bertz CT molecular complexity index is 410. The fraction of sp³-hybridized carbons (Fsp3) is 0.273. The summed E-state index contributed by atoms with van der Waals surface area (Å²) in [6.45, 7) is 3.85. The number of fused-ring (bicyclic) bond motifs is 1. The van der Waals surface area contributed by atoms with Gasteiger partial charge in [-0.15, -0.1) is 0 Å². The van der Waals surface area contributed by atoms with Crippen molar-refractivity contribution < 1.29 is 5.11 Å². The lowest BCUT2D eigenvalue weighted by Crippen LogP contribution is -2.28. The fourth-order valence-electron chi connectivity index (χ4n) is 1.75. The van der Waals surface area contributed by atoms with Crippen molar-refractivity contribution in [2.24, 2.45) is 5.73 Å². The molecule has 0 fully saturated rings. The van der Waals surface area contributed by atoms with Crippen molar-refractivity contribution in [3.63, 3.8) is 0 Å². The van der Waals surface area contributed by atoms with Crippen LogP contribution in [0.3, 0.4) is 0 Å². The molecule has 1 aromatic rings. The zero-order chi connectivity index (χ0) is 10.3. The summed E-state index contributed by atoms with van der Waals surface area (Å²) in [7, 11) is 0. The molecule has 3 heteroatoms. The topological polar surface area (TPSA) is 58.3 Å². The minimum absolute atomic E-state index is 0.663. The van der Waals surface area contributed by atoms with Gasteiger partial charge in [0.1, 0.15) is 6.23 Å². The number of rotatable bonds is 0. The van der Waals surface area contributed by atoms with Gasteiger partial charge in [0, 0.05) is 16.9 Å². The van der Waals surface area contributed by atoms with E-state index in [1.165, 1.54) is 0 Å². The van der Waals surface area contributed by atoms with Gasteiger partial charge in [-0.3, -0.25) is 0 Å². The average molecular weight is 190 g/mol. The van der Waals surface area contributed by atoms with E-state index >= 15 is 0 Å². The van der Waals surface area contributed by atoms with Gasteiger partial charge in [0.25, 0.3) is 0 Å². The monoisotopic (exact) mass is 190 g/mol. The summed E-state index contributed by atoms with van der Waals surface area (Å²) >= 11 is 0. The van der Waals surface area contributed by atoms with E-state index in [4.69, 9.17) is 5.73 Å². The van der Waals surface area contributed by atoms with Gasteiger partial charge >= 0.3 is 0 Å². The van der Waals surface area contributed by atoms with Gasteiger partial charge in [-0.2, -0.15) is 0 Å². The molecule has 0 aromatic heterocycles. The fourth-order valence-corrected chi connectivity index (χ4v) is 1.75. The van der Waals surface area contributed by atoms with Crippen LogP contribution >= 0.6 is 0 Å². The Morgan fingerprint density at radius 3 is 2.79 bits per heavy atom. The first kappa shape index (κ1) is 9.09. The first-order chi connectivity index (χ1) is 6.61. The molecule has 0 saturated carbocycles. The maximum Gasteiger partial charge on any atom is 0.148 e. The molecule has 1 heterocycles. The number of aliphatic hydroxyl groups is 1. The highest BCUT2D eigenvalue weighted by Crippen LogP contribution is 2.32. The minimum Gasteiger partial charge on any atom is -0.398 e. The molecule has 1 aliphatic heterocycles. The number of aryl methyl sites for hydroxylation is 1. The number of hydrogen-bond donors (Lipinski definition) is 3. The number of aliphatic hydroxyl groups excluding tert-OH is 1. The highest BCUT2D eigenvalue weighted by atomic mass is 16.3. The van der Waals surface area contributed by atoms with Crippen molar-refractivity contribution in [2.45, 2.75) is 20.1 Å². The van der Waals surface area contributed by atoms with E-state index in [1.54, 1.807) is 0 Å². The van der Waals surface area contributed by atoms with E-state index in [0.29, 0.717) is 5.70 Å². The number of hydrogen-bond acceptors (Lipinski definition) is 3. The second-order valence-electron chi connectivity index (χ2n) is 3.64. The predicted octanol–water partition coefficient (Wildman–Crippen LogP) is 1.43. The van der Waals surface area contributed by atoms with Crippen LogP contribution in [0.4, 0.5) is 5.69 Å². The summed E-state index contributed by atoms with van der Waals surface area (Å²) in [5, 5.41) is 12.6. The molecule has 14 heavy (non-hydrogen) atoms. The Kier molecular flexibility index (Phi) is 1.97. The molecule has 1 aromatic carbocycles. The summed E-state index contributed by atoms with van der Waals surface area (Å²) in [6, 6.07) is 5.88. The third kappa shape index (κ3) is 1.17. The summed E-state index contributed by atoms with van der Waals surface area (Å²) in [6.07, 6.45) is -0.663. The molecule has 4 N–H and O–H groups in total. The molecular formula is C11H14N2O. The zero-order valence-electron chi connectivity index (χ0n) is 8.33. The van der Waals surface area contributed by atoms with Crippen molar-refractivity contribution in [1.29, 1.82) is 0 Å². The molecule has 3 nitrogen and oxygen atoms in total. The van der Waals surface area contributed by atoms with Crippen LogP contribution in [-0.4, -0.2) is 11.3 Å². The van der Waals surface area contributed by atoms with E-state index in [-0.39, 0.29) is 0 Å². The highest BCUT2D eigenvalue weighted by Gasteiger charge is 2.21. The molecule has 0 amide bonds. The normalized spacial score (nSPS) is 20.4. The van der Waals surface area contributed by atoms with Gasteiger partial charge in [0.15, 0.2) is 0 Å². The average Bonchev–Trinajstić information content (AvgIpc) is 2.14. The SMILES string of the molecule is CC1=C(N)c2c(C)cccc2NC1O. The Morgan fingerprint density at radius 2 is 2.07 bits per heavy atom. The van der Waals surface area contributed by atoms with Gasteiger partial charge < -0.3 is 16.2 Å². The van der Waals surface area contributed by atoms with Crippen molar-refractivity contribution in [3.8, 4) is 0 Å². The van der Waals surface area contributed by atoms with Crippen LogP contribution in [0.15, 0.2) is 23.8 Å². The molecule has 74 valence electrons. The highest BCUT2D eigenvalue weighted by molar-refractivity contribution is 5.82. The Morgan fingerprint density at radius 1 is 1.36 bits per heavy atom. The van der Waals surface area contributed by atoms with Crippen LogP contribution < -0.4 is 11.1 Å². The predicted molar refractivity (Wildman–Crippen MR) is 57.6 cm³/mol. The number of nitrogens with two attached hydrogens (primary N) is 1. The van der Waals surface area contributed by atoms with Crippen LogP contribution in [0.25, 0.3) is 5.70 Å². The van der Waals surface area contributed by atoms with Crippen LogP contribution in [0.1, 0.15) is 18.1 Å². The summed E-state index contributed by atoms with van der Waals surface area (Å²) < 4.78 is 0. The molecule has 0 bridgehead atoms. The van der Waals surface area contributed by atoms with Gasteiger partial charge in [0.2, 0.25) is 0 Å². The zero-order valence-corrected chi connectivity index (χ0v) is 8.33. The Balaban J connectivity index is 2.67. The molecule has 0 radical (unpaired) electrons. The maximum atomic E-state index is 9.64. The quantitative estimate of drug-likeness (QED) is 0.580. The molecular weight excluding hydrogens is 176 g/mol. The lowest BCUT2D eigenvalue weighted by atomic mass is 9.96. The van der Waals surface area contributed by atoms with Gasteiger partial charge in [0.05, 0.1) is 0 Å². The third-order valence-electron chi connectivity index (χ3n) is 2.67. The second-order valence-corrected chi connectivity index (χ2v) is 3.64. The molecule has 2 rings (SSSR count). The minimum atomic E-state index is -0.663.